The Morgan fingerprint density at radius 2 is 2.21 bits per heavy atom. The van der Waals surface area contributed by atoms with Crippen LogP contribution in [0.15, 0.2) is 65.6 Å². The fourth-order valence-corrected chi connectivity index (χ4v) is 3.29. The summed E-state index contributed by atoms with van der Waals surface area (Å²) >= 11 is 0. The topological polar surface area (TPSA) is 96.7 Å². The highest BCUT2D eigenvalue weighted by molar-refractivity contribution is 5.90. The van der Waals surface area contributed by atoms with E-state index in [0.29, 0.717) is 29.9 Å². The second-order valence-electron chi connectivity index (χ2n) is 7.59. The summed E-state index contributed by atoms with van der Waals surface area (Å²) < 4.78 is 25.0. The van der Waals surface area contributed by atoms with Gasteiger partial charge in [-0.3, -0.25) is 9.69 Å². The van der Waals surface area contributed by atoms with Gasteiger partial charge in [0.15, 0.2) is 0 Å². The van der Waals surface area contributed by atoms with Crippen LogP contribution in [0.3, 0.4) is 0 Å². The fourth-order valence-electron chi connectivity index (χ4n) is 3.29. The number of halogens is 1. The maximum atomic E-state index is 14.9. The Balaban J connectivity index is 1.60. The van der Waals surface area contributed by atoms with E-state index in [1.54, 1.807) is 36.7 Å². The molecule has 2 heterocycles. The number of hydrogen-bond donors (Lipinski definition) is 2. The number of carbonyl (C=O) groups is 2. The van der Waals surface area contributed by atoms with Crippen molar-refractivity contribution in [3.05, 3.63) is 78.0 Å². The van der Waals surface area contributed by atoms with Crippen molar-refractivity contribution in [2.45, 2.75) is 26.5 Å². The standard InChI is InChI=1S/C24H27FN4O4/c1-4-19(6-5-16(2)10-26-11-18-12-28-32-15-18)22-8-7-20(9-23(22)25)29-14-21(33-24(29)31)13-27-17(3)30/h4-9,12,15,21,26H,2,10-11,13-14H2,1,3H3,(H,27,30)/b6-5-,19-4+. The Hall–Kier alpha value is -3.72. The summed E-state index contributed by atoms with van der Waals surface area (Å²) in [6, 6.07) is 4.61. The Morgan fingerprint density at radius 3 is 2.88 bits per heavy atom. The number of cyclic esters (lactones) is 1. The number of carbonyl (C=O) groups excluding carboxylic acids is 2. The SMILES string of the molecule is C=C(/C=C\C(=C/C)c1ccc(N2CC(CNC(C)=O)OC2=O)cc1F)CNCc1cnoc1. The van der Waals surface area contributed by atoms with Gasteiger partial charge in [-0.2, -0.15) is 0 Å². The van der Waals surface area contributed by atoms with Crippen molar-refractivity contribution in [3.63, 3.8) is 0 Å². The minimum absolute atomic E-state index is 0.208. The third-order valence-electron chi connectivity index (χ3n) is 5.00. The average Bonchev–Trinajstić information content (AvgIpc) is 3.43. The molecule has 1 aliphatic heterocycles. The van der Waals surface area contributed by atoms with Gasteiger partial charge in [-0.1, -0.05) is 30.0 Å². The van der Waals surface area contributed by atoms with E-state index >= 15 is 0 Å². The van der Waals surface area contributed by atoms with Gasteiger partial charge in [0.2, 0.25) is 5.91 Å². The highest BCUT2D eigenvalue weighted by Crippen LogP contribution is 2.27. The van der Waals surface area contributed by atoms with Crippen LogP contribution in [-0.4, -0.2) is 42.9 Å². The third kappa shape index (κ3) is 6.63. The lowest BCUT2D eigenvalue weighted by molar-refractivity contribution is -0.119. The average molecular weight is 455 g/mol. The number of benzene rings is 1. The van der Waals surface area contributed by atoms with E-state index < -0.39 is 18.0 Å². The first-order valence-corrected chi connectivity index (χ1v) is 10.5. The number of nitrogens with zero attached hydrogens (tertiary/aromatic N) is 2. The summed E-state index contributed by atoms with van der Waals surface area (Å²) in [5.41, 5.74) is 3.25. The van der Waals surface area contributed by atoms with Crippen molar-refractivity contribution in [2.24, 2.45) is 0 Å². The zero-order valence-corrected chi connectivity index (χ0v) is 18.6. The predicted octanol–water partition coefficient (Wildman–Crippen LogP) is 3.58. The van der Waals surface area contributed by atoms with Gasteiger partial charge in [0.05, 0.1) is 25.0 Å². The van der Waals surface area contributed by atoms with Crippen LogP contribution in [-0.2, 0) is 16.1 Å². The number of amides is 2. The molecule has 2 amide bonds. The summed E-state index contributed by atoms with van der Waals surface area (Å²) in [5.74, 6) is -0.667. The highest BCUT2D eigenvalue weighted by atomic mass is 19.1. The van der Waals surface area contributed by atoms with E-state index in [4.69, 9.17) is 9.26 Å². The third-order valence-corrected chi connectivity index (χ3v) is 5.00. The number of rotatable bonds is 10. The number of ether oxygens (including phenoxy) is 1. The maximum absolute atomic E-state index is 14.9. The maximum Gasteiger partial charge on any atom is 0.414 e. The summed E-state index contributed by atoms with van der Waals surface area (Å²) in [7, 11) is 0. The second-order valence-corrected chi connectivity index (χ2v) is 7.59. The number of anilines is 1. The van der Waals surface area contributed by atoms with Crippen LogP contribution < -0.4 is 15.5 Å². The summed E-state index contributed by atoms with van der Waals surface area (Å²) in [6.45, 7) is 8.82. The van der Waals surface area contributed by atoms with Crippen molar-refractivity contribution < 1.29 is 23.2 Å². The molecule has 2 N–H and O–H groups in total. The monoisotopic (exact) mass is 454 g/mol. The van der Waals surface area contributed by atoms with Crippen molar-refractivity contribution in [3.8, 4) is 0 Å². The van der Waals surface area contributed by atoms with Crippen molar-refractivity contribution in [1.82, 2.24) is 15.8 Å². The van der Waals surface area contributed by atoms with E-state index in [2.05, 4.69) is 22.4 Å². The van der Waals surface area contributed by atoms with Gasteiger partial charge in [-0.15, -0.1) is 0 Å². The van der Waals surface area contributed by atoms with Crippen LogP contribution in [0.5, 0.6) is 0 Å². The molecule has 1 fully saturated rings. The summed E-state index contributed by atoms with van der Waals surface area (Å²) in [5, 5.41) is 9.49. The highest BCUT2D eigenvalue weighted by Gasteiger charge is 2.32. The molecule has 1 aromatic heterocycles. The van der Waals surface area contributed by atoms with Crippen LogP contribution in [0.4, 0.5) is 14.9 Å². The zero-order valence-electron chi connectivity index (χ0n) is 18.6. The van der Waals surface area contributed by atoms with Gasteiger partial charge in [-0.25, -0.2) is 9.18 Å². The van der Waals surface area contributed by atoms with Gasteiger partial charge < -0.3 is 19.9 Å². The number of hydrogen-bond acceptors (Lipinski definition) is 6. The molecular formula is C24H27FN4O4. The van der Waals surface area contributed by atoms with Gasteiger partial charge in [0.1, 0.15) is 18.2 Å². The lowest BCUT2D eigenvalue weighted by atomic mass is 10.0. The first kappa shape index (κ1) is 23.9. The van der Waals surface area contributed by atoms with Gasteiger partial charge in [0.25, 0.3) is 0 Å². The van der Waals surface area contributed by atoms with Crippen molar-refractivity contribution >= 4 is 23.3 Å². The second kappa shape index (κ2) is 11.2. The predicted molar refractivity (Wildman–Crippen MR) is 123 cm³/mol. The minimum atomic E-state index is -0.571. The van der Waals surface area contributed by atoms with E-state index in [1.165, 1.54) is 17.9 Å². The molecule has 1 aliphatic rings. The minimum Gasteiger partial charge on any atom is -0.442 e. The Morgan fingerprint density at radius 1 is 1.39 bits per heavy atom. The molecule has 0 spiro atoms. The summed E-state index contributed by atoms with van der Waals surface area (Å²) in [6.07, 6.45) is 7.59. The Labute approximate surface area is 191 Å². The molecule has 0 bridgehead atoms. The van der Waals surface area contributed by atoms with Crippen molar-refractivity contribution in [1.29, 1.82) is 0 Å². The molecular weight excluding hydrogens is 427 g/mol. The lowest BCUT2D eigenvalue weighted by Crippen LogP contribution is -2.33. The molecule has 1 aromatic carbocycles. The fraction of sp³-hybridized carbons (Fsp3) is 0.292. The molecule has 0 radical (unpaired) electrons. The van der Waals surface area contributed by atoms with Gasteiger partial charge >= 0.3 is 6.09 Å². The molecule has 1 atom stereocenters. The molecule has 1 saturated heterocycles. The first-order chi connectivity index (χ1) is 15.9. The normalized spacial score (nSPS) is 16.3. The van der Waals surface area contributed by atoms with Crippen LogP contribution >= 0.6 is 0 Å². The molecule has 174 valence electrons. The zero-order chi connectivity index (χ0) is 23.8. The Kier molecular flexibility index (Phi) is 8.15. The first-order valence-electron chi connectivity index (χ1n) is 10.5. The van der Waals surface area contributed by atoms with E-state index in [0.717, 1.165) is 11.1 Å². The van der Waals surface area contributed by atoms with Crippen LogP contribution in [0.2, 0.25) is 0 Å². The van der Waals surface area contributed by atoms with E-state index in [1.807, 2.05) is 13.0 Å². The van der Waals surface area contributed by atoms with E-state index in [-0.39, 0.29) is 19.0 Å². The van der Waals surface area contributed by atoms with Gasteiger partial charge in [-0.05, 0) is 36.3 Å². The molecule has 0 saturated carbocycles. The summed E-state index contributed by atoms with van der Waals surface area (Å²) in [4.78, 5) is 24.6. The van der Waals surface area contributed by atoms with Gasteiger partial charge in [0, 0.05) is 31.1 Å². The smallest absolute Gasteiger partial charge is 0.414 e. The number of allylic oxidation sites excluding steroid dienone is 3. The molecule has 8 nitrogen and oxygen atoms in total. The quantitative estimate of drug-likeness (QED) is 0.533. The molecule has 3 rings (SSSR count). The molecule has 0 aliphatic carbocycles. The number of aromatic nitrogens is 1. The van der Waals surface area contributed by atoms with Crippen LogP contribution in [0.25, 0.3) is 5.57 Å². The molecule has 2 aromatic rings. The largest absolute Gasteiger partial charge is 0.442 e. The van der Waals surface area contributed by atoms with E-state index in [9.17, 15) is 14.0 Å². The lowest BCUT2D eigenvalue weighted by Gasteiger charge is -2.15. The van der Waals surface area contributed by atoms with Crippen LogP contribution in [0, 0.1) is 5.82 Å². The molecule has 1 unspecified atom stereocenters. The van der Waals surface area contributed by atoms with Crippen LogP contribution in [0.1, 0.15) is 25.0 Å². The Bertz CT molecular complexity index is 1060. The molecule has 33 heavy (non-hydrogen) atoms. The molecule has 9 heteroatoms. The number of nitrogens with one attached hydrogen (secondary N) is 2. The van der Waals surface area contributed by atoms with Crippen molar-refractivity contribution in [2.75, 3.05) is 24.5 Å².